The monoisotopic (exact) mass is 441 g/mol. The molecule has 6 nitrogen and oxygen atoms in total. The third kappa shape index (κ3) is 2.02. The predicted molar refractivity (Wildman–Crippen MR) is 112 cm³/mol. The maximum atomic E-state index is 13.8. The van der Waals surface area contributed by atoms with Crippen LogP contribution in [-0.2, 0) is 19.9 Å². The zero-order valence-electron chi connectivity index (χ0n) is 15.8. The molecule has 3 amide bonds. The Bertz CT molecular complexity index is 1150. The number of fused-ring (bicyclic) bond motifs is 7. The lowest BCUT2D eigenvalue weighted by Crippen LogP contribution is -2.54. The van der Waals surface area contributed by atoms with Crippen LogP contribution in [0, 0.1) is 11.8 Å². The number of hydrogen-bond donors (Lipinski definition) is 1. The summed E-state index contributed by atoms with van der Waals surface area (Å²) in [5, 5.41) is 3.61. The van der Waals surface area contributed by atoms with Gasteiger partial charge in [-0.15, -0.1) is 0 Å². The van der Waals surface area contributed by atoms with Crippen LogP contribution in [0.5, 0.6) is 0 Å². The third-order valence-corrected chi connectivity index (χ3v) is 7.60. The van der Waals surface area contributed by atoms with Gasteiger partial charge in [0.25, 0.3) is 0 Å². The molecule has 6 rings (SSSR count). The quantitative estimate of drug-likeness (QED) is 0.688. The Morgan fingerprint density at radius 2 is 1.83 bits per heavy atom. The van der Waals surface area contributed by atoms with E-state index in [0.717, 1.165) is 23.3 Å². The molecular weight excluding hydrogens is 425 g/mol. The van der Waals surface area contributed by atoms with Crippen molar-refractivity contribution in [2.24, 2.45) is 11.8 Å². The van der Waals surface area contributed by atoms with Crippen LogP contribution < -0.4 is 10.2 Å². The number of hydrogen-bond acceptors (Lipinski definition) is 4. The van der Waals surface area contributed by atoms with Gasteiger partial charge in [-0.05, 0) is 43.7 Å². The van der Waals surface area contributed by atoms with Crippen molar-refractivity contribution >= 4 is 52.3 Å². The summed E-state index contributed by atoms with van der Waals surface area (Å²) in [6.45, 7) is 0.678. The number of nitrogens with one attached hydrogen (secondary N) is 1. The second-order valence-electron chi connectivity index (χ2n) is 8.28. The van der Waals surface area contributed by atoms with Crippen molar-refractivity contribution in [2.75, 3.05) is 16.8 Å². The van der Waals surface area contributed by atoms with E-state index in [4.69, 9.17) is 23.2 Å². The van der Waals surface area contributed by atoms with Gasteiger partial charge in [0.2, 0.25) is 17.7 Å². The molecule has 3 fully saturated rings. The van der Waals surface area contributed by atoms with Gasteiger partial charge in [-0.3, -0.25) is 19.3 Å². The molecule has 2 aromatic carbocycles. The Kier molecular flexibility index (Phi) is 3.71. The van der Waals surface area contributed by atoms with Gasteiger partial charge >= 0.3 is 0 Å². The van der Waals surface area contributed by atoms with Crippen LogP contribution >= 0.6 is 23.2 Å². The first-order valence-corrected chi connectivity index (χ1v) is 10.7. The number of carbonyl (C=O) groups excluding carboxylic acids is 3. The number of amides is 3. The number of para-hydroxylation sites is 1. The van der Waals surface area contributed by atoms with E-state index >= 15 is 0 Å². The van der Waals surface area contributed by atoms with Crippen molar-refractivity contribution in [1.29, 1.82) is 0 Å². The molecule has 0 aliphatic carbocycles. The lowest BCUT2D eigenvalue weighted by molar-refractivity contribution is -0.135. The molecule has 152 valence electrons. The number of benzene rings is 2. The SMILES string of the molecule is O=C1[C@@H]2[C@H]3CCCN3[C@@]3(C(=O)Nc4ccccc43)[C@H]2C(=O)N1c1cc(Cl)ccc1Cl. The second kappa shape index (κ2) is 6.06. The first kappa shape index (κ1) is 18.4. The second-order valence-corrected chi connectivity index (χ2v) is 9.12. The van der Waals surface area contributed by atoms with E-state index in [9.17, 15) is 14.4 Å². The minimum absolute atomic E-state index is 0.161. The van der Waals surface area contributed by atoms with E-state index < -0.39 is 23.3 Å². The molecule has 0 saturated carbocycles. The lowest BCUT2D eigenvalue weighted by Gasteiger charge is -2.36. The van der Waals surface area contributed by atoms with Crippen molar-refractivity contribution in [3.63, 3.8) is 0 Å². The zero-order valence-corrected chi connectivity index (χ0v) is 17.3. The summed E-state index contributed by atoms with van der Waals surface area (Å²) in [5.74, 6) is -2.32. The molecule has 3 saturated heterocycles. The average Bonchev–Trinajstić information content (AvgIpc) is 3.42. The van der Waals surface area contributed by atoms with Gasteiger partial charge < -0.3 is 5.32 Å². The molecule has 1 N–H and O–H groups in total. The molecule has 0 bridgehead atoms. The predicted octanol–water partition coefficient (Wildman–Crippen LogP) is 3.42. The summed E-state index contributed by atoms with van der Waals surface area (Å²) >= 11 is 12.5. The number of halogens is 2. The molecule has 4 aliphatic heterocycles. The van der Waals surface area contributed by atoms with E-state index in [1.807, 2.05) is 24.3 Å². The molecule has 0 aromatic heterocycles. The van der Waals surface area contributed by atoms with Crippen molar-refractivity contribution in [3.8, 4) is 0 Å². The zero-order chi connectivity index (χ0) is 20.8. The van der Waals surface area contributed by atoms with Gasteiger partial charge in [-0.2, -0.15) is 0 Å². The average molecular weight is 442 g/mol. The highest BCUT2D eigenvalue weighted by atomic mass is 35.5. The fourth-order valence-electron chi connectivity index (χ4n) is 6.05. The van der Waals surface area contributed by atoms with Gasteiger partial charge in [0.05, 0.1) is 22.5 Å². The van der Waals surface area contributed by atoms with E-state index in [1.165, 1.54) is 6.07 Å². The number of imide groups is 1. The summed E-state index contributed by atoms with van der Waals surface area (Å²) in [7, 11) is 0. The Hall–Kier alpha value is -2.41. The molecule has 2 aromatic rings. The van der Waals surface area contributed by atoms with Crippen LogP contribution in [0.4, 0.5) is 11.4 Å². The molecule has 4 heterocycles. The maximum absolute atomic E-state index is 13.8. The summed E-state index contributed by atoms with van der Waals surface area (Å²) in [6.07, 6.45) is 1.65. The van der Waals surface area contributed by atoms with Crippen LogP contribution in [0.2, 0.25) is 10.0 Å². The number of anilines is 2. The minimum atomic E-state index is -1.17. The van der Waals surface area contributed by atoms with Crippen LogP contribution in [-0.4, -0.2) is 35.2 Å². The first-order valence-electron chi connectivity index (χ1n) is 9.97. The fourth-order valence-corrected chi connectivity index (χ4v) is 6.42. The summed E-state index contributed by atoms with van der Waals surface area (Å²) < 4.78 is 0. The molecular formula is C22H17Cl2N3O3. The van der Waals surface area contributed by atoms with E-state index in [1.54, 1.807) is 12.1 Å². The lowest BCUT2D eigenvalue weighted by atomic mass is 9.75. The number of rotatable bonds is 1. The third-order valence-electron chi connectivity index (χ3n) is 7.05. The summed E-state index contributed by atoms with van der Waals surface area (Å²) in [6, 6.07) is 12.0. The van der Waals surface area contributed by atoms with E-state index in [2.05, 4.69) is 10.2 Å². The van der Waals surface area contributed by atoms with Crippen molar-refractivity contribution in [1.82, 2.24) is 4.90 Å². The fraction of sp³-hybridized carbons (Fsp3) is 0.318. The Morgan fingerprint density at radius 1 is 1.03 bits per heavy atom. The maximum Gasteiger partial charge on any atom is 0.250 e. The van der Waals surface area contributed by atoms with Crippen LogP contribution in [0.15, 0.2) is 42.5 Å². The highest BCUT2D eigenvalue weighted by molar-refractivity contribution is 6.38. The van der Waals surface area contributed by atoms with E-state index in [0.29, 0.717) is 17.3 Å². The molecule has 4 aliphatic rings. The van der Waals surface area contributed by atoms with Gasteiger partial charge in [-0.1, -0.05) is 41.4 Å². The molecule has 30 heavy (non-hydrogen) atoms. The normalized spacial score (nSPS) is 32.0. The van der Waals surface area contributed by atoms with Gasteiger partial charge in [0.15, 0.2) is 0 Å². The van der Waals surface area contributed by atoms with Crippen molar-refractivity contribution in [2.45, 2.75) is 24.4 Å². The van der Waals surface area contributed by atoms with Gasteiger partial charge in [0.1, 0.15) is 5.54 Å². The van der Waals surface area contributed by atoms with Crippen molar-refractivity contribution < 1.29 is 14.4 Å². The highest BCUT2D eigenvalue weighted by Crippen LogP contribution is 2.60. The van der Waals surface area contributed by atoms with Crippen molar-refractivity contribution in [3.05, 3.63) is 58.1 Å². The van der Waals surface area contributed by atoms with Crippen LogP contribution in [0.25, 0.3) is 0 Å². The van der Waals surface area contributed by atoms with Gasteiger partial charge in [0, 0.05) is 22.3 Å². The first-order chi connectivity index (χ1) is 14.5. The number of nitrogens with zero attached hydrogens (tertiary/aromatic N) is 2. The largest absolute Gasteiger partial charge is 0.324 e. The summed E-state index contributed by atoms with van der Waals surface area (Å²) in [5.41, 5.74) is 0.581. The smallest absolute Gasteiger partial charge is 0.250 e. The summed E-state index contributed by atoms with van der Waals surface area (Å²) in [4.78, 5) is 44.1. The number of carbonyl (C=O) groups is 3. The topological polar surface area (TPSA) is 69.7 Å². The molecule has 0 unspecified atom stereocenters. The molecule has 8 heteroatoms. The minimum Gasteiger partial charge on any atom is -0.324 e. The van der Waals surface area contributed by atoms with Gasteiger partial charge in [-0.25, -0.2) is 4.90 Å². The standard InChI is InChI=1S/C22H17Cl2N3O3/c23-11-7-8-13(24)16(10-11)27-19(28)17-15-6-3-9-26(15)22(18(17)20(27)29)12-4-1-2-5-14(12)25-21(22)30/h1-2,4-5,7-8,10,15,17-18H,3,6,9H2,(H,25,30)/t15-,17-,18-,22-/m1/s1. The van der Waals surface area contributed by atoms with Crippen LogP contribution in [0.3, 0.4) is 0 Å². The highest BCUT2D eigenvalue weighted by Gasteiger charge is 2.74. The Morgan fingerprint density at radius 3 is 2.67 bits per heavy atom. The van der Waals surface area contributed by atoms with Crippen LogP contribution in [0.1, 0.15) is 18.4 Å². The van der Waals surface area contributed by atoms with E-state index in [-0.39, 0.29) is 28.6 Å². The molecule has 0 radical (unpaired) electrons. The molecule has 1 spiro atoms. The Labute approximate surface area is 182 Å². The Balaban J connectivity index is 1.57. The molecule has 4 atom stereocenters.